The Kier molecular flexibility index (Phi) is 7.78. The molecule has 0 saturated carbocycles. The minimum Gasteiger partial charge on any atom is -0.482 e. The number of nitrogens with one attached hydrogen (secondary N) is 2. The van der Waals surface area contributed by atoms with Crippen LogP contribution in [0.2, 0.25) is 10.0 Å². The number of hydrogen-bond acceptors (Lipinski definition) is 4. The summed E-state index contributed by atoms with van der Waals surface area (Å²) < 4.78 is 43.3. The van der Waals surface area contributed by atoms with E-state index in [4.69, 9.17) is 27.9 Å². The molecule has 2 fully saturated rings. The molecule has 4 rings (SSSR count). The van der Waals surface area contributed by atoms with Gasteiger partial charge in [0, 0.05) is 34.7 Å². The van der Waals surface area contributed by atoms with Gasteiger partial charge in [0.1, 0.15) is 5.75 Å². The second-order valence-electron chi connectivity index (χ2n) is 8.80. The third-order valence-corrected chi connectivity index (χ3v) is 6.82. The number of alkyl halides is 3. The third kappa shape index (κ3) is 6.59. The molecule has 2 N–H and O–H groups in total. The lowest BCUT2D eigenvalue weighted by atomic mass is 9.96. The second kappa shape index (κ2) is 10.6. The largest absolute Gasteiger partial charge is 0.482 e. The van der Waals surface area contributed by atoms with Crippen LogP contribution in [-0.4, -0.2) is 47.6 Å². The van der Waals surface area contributed by atoms with Crippen LogP contribution in [0.15, 0.2) is 42.5 Å². The van der Waals surface area contributed by atoms with Crippen LogP contribution in [0.5, 0.6) is 5.75 Å². The summed E-state index contributed by atoms with van der Waals surface area (Å²) in [5, 5.41) is 5.52. The highest BCUT2D eigenvalue weighted by Crippen LogP contribution is 2.37. The third-order valence-electron chi connectivity index (χ3n) is 6.33. The van der Waals surface area contributed by atoms with E-state index in [9.17, 15) is 22.8 Å². The summed E-state index contributed by atoms with van der Waals surface area (Å²) in [6, 6.07) is 12.3. The molecule has 0 spiro atoms. The van der Waals surface area contributed by atoms with Crippen LogP contribution >= 0.6 is 23.2 Å². The van der Waals surface area contributed by atoms with E-state index in [0.29, 0.717) is 17.1 Å². The first-order valence-electron chi connectivity index (χ1n) is 11.2. The standard InChI is InChI=1S/C24H24Cl2F3N3O3/c25-15-3-1-14(2-4-15)12-32-18-6-7-19(32)11-17(10-18)30-22(33)13-35-21-8-5-16(26)9-20(21)31-23(34)24(27,28)29/h1-5,8-9,17-19H,6-7,10-13H2,(H,30,33)(H,31,34)/t17?,18-,19+. The van der Waals surface area contributed by atoms with Crippen LogP contribution in [0.25, 0.3) is 0 Å². The molecule has 2 saturated heterocycles. The van der Waals surface area contributed by atoms with Gasteiger partial charge in [0.25, 0.3) is 5.91 Å². The molecular weight excluding hydrogens is 506 g/mol. The van der Waals surface area contributed by atoms with Crippen LogP contribution in [0.4, 0.5) is 18.9 Å². The van der Waals surface area contributed by atoms with Gasteiger partial charge >= 0.3 is 12.1 Å². The van der Waals surface area contributed by atoms with E-state index in [0.717, 1.165) is 38.3 Å². The van der Waals surface area contributed by atoms with Crippen molar-refractivity contribution in [2.24, 2.45) is 0 Å². The number of hydrogen-bond donors (Lipinski definition) is 2. The summed E-state index contributed by atoms with van der Waals surface area (Å²) in [4.78, 5) is 26.3. The molecule has 0 aromatic heterocycles. The van der Waals surface area contributed by atoms with Crippen molar-refractivity contribution in [1.29, 1.82) is 0 Å². The molecule has 0 aliphatic carbocycles. The van der Waals surface area contributed by atoms with Gasteiger partial charge in [-0.05, 0) is 61.6 Å². The maximum atomic E-state index is 12.6. The van der Waals surface area contributed by atoms with E-state index in [1.165, 1.54) is 17.7 Å². The molecule has 2 amide bonds. The molecular formula is C24H24Cl2F3N3O3. The van der Waals surface area contributed by atoms with Crippen LogP contribution in [0, 0.1) is 0 Å². The van der Waals surface area contributed by atoms with Gasteiger partial charge in [0.15, 0.2) is 6.61 Å². The van der Waals surface area contributed by atoms with Crippen molar-refractivity contribution in [1.82, 2.24) is 10.2 Å². The number of nitrogens with zero attached hydrogens (tertiary/aromatic N) is 1. The number of halogens is 5. The number of rotatable bonds is 7. The summed E-state index contributed by atoms with van der Waals surface area (Å²) >= 11 is 11.8. The first-order chi connectivity index (χ1) is 16.6. The summed E-state index contributed by atoms with van der Waals surface area (Å²) in [5.74, 6) is -2.63. The maximum Gasteiger partial charge on any atom is 0.471 e. The highest BCUT2D eigenvalue weighted by atomic mass is 35.5. The molecule has 35 heavy (non-hydrogen) atoms. The number of fused-ring (bicyclic) bond motifs is 2. The van der Waals surface area contributed by atoms with Crippen molar-refractivity contribution in [3.8, 4) is 5.75 Å². The highest BCUT2D eigenvalue weighted by molar-refractivity contribution is 6.31. The Morgan fingerprint density at radius 2 is 1.63 bits per heavy atom. The zero-order valence-electron chi connectivity index (χ0n) is 18.6. The van der Waals surface area contributed by atoms with Crippen LogP contribution < -0.4 is 15.4 Å². The van der Waals surface area contributed by atoms with Gasteiger partial charge < -0.3 is 15.4 Å². The quantitative estimate of drug-likeness (QED) is 0.518. The van der Waals surface area contributed by atoms with E-state index in [1.807, 2.05) is 24.3 Å². The van der Waals surface area contributed by atoms with Gasteiger partial charge in [0.2, 0.25) is 0 Å². The number of amides is 2. The minimum atomic E-state index is -5.07. The number of anilines is 1. The van der Waals surface area contributed by atoms with Gasteiger partial charge in [0.05, 0.1) is 5.69 Å². The molecule has 3 atom stereocenters. The van der Waals surface area contributed by atoms with Gasteiger partial charge in [-0.25, -0.2) is 0 Å². The fourth-order valence-corrected chi connectivity index (χ4v) is 5.08. The van der Waals surface area contributed by atoms with Crippen molar-refractivity contribution in [3.63, 3.8) is 0 Å². The lowest BCUT2D eigenvalue weighted by molar-refractivity contribution is -0.167. The van der Waals surface area contributed by atoms with E-state index in [-0.39, 0.29) is 28.4 Å². The van der Waals surface area contributed by atoms with Crippen LogP contribution in [-0.2, 0) is 16.1 Å². The minimum absolute atomic E-state index is 0.0142. The molecule has 2 heterocycles. The predicted molar refractivity (Wildman–Crippen MR) is 127 cm³/mol. The van der Waals surface area contributed by atoms with Gasteiger partial charge in [-0.1, -0.05) is 35.3 Å². The normalized spacial score (nSPS) is 22.0. The Labute approximate surface area is 210 Å². The number of carbonyl (C=O) groups excluding carboxylic acids is 2. The Balaban J connectivity index is 1.30. The highest BCUT2D eigenvalue weighted by Gasteiger charge is 2.41. The Morgan fingerprint density at radius 3 is 2.26 bits per heavy atom. The van der Waals surface area contributed by atoms with Crippen molar-refractivity contribution < 1.29 is 27.5 Å². The van der Waals surface area contributed by atoms with Gasteiger partial charge in [-0.15, -0.1) is 0 Å². The van der Waals surface area contributed by atoms with E-state index < -0.39 is 18.7 Å². The zero-order chi connectivity index (χ0) is 25.2. The predicted octanol–water partition coefficient (Wildman–Crippen LogP) is 5.18. The van der Waals surface area contributed by atoms with E-state index in [2.05, 4.69) is 10.2 Å². The summed E-state index contributed by atoms with van der Waals surface area (Å²) in [7, 11) is 0. The van der Waals surface area contributed by atoms with Crippen molar-refractivity contribution in [3.05, 3.63) is 58.1 Å². The van der Waals surface area contributed by atoms with Gasteiger partial charge in [-0.2, -0.15) is 13.2 Å². The fraction of sp³-hybridized carbons (Fsp3) is 0.417. The van der Waals surface area contributed by atoms with Crippen LogP contribution in [0.3, 0.4) is 0 Å². The van der Waals surface area contributed by atoms with E-state index >= 15 is 0 Å². The number of piperidine rings is 1. The molecule has 1 unspecified atom stereocenters. The fourth-order valence-electron chi connectivity index (χ4n) is 4.78. The SMILES string of the molecule is O=C(COc1ccc(Cl)cc1NC(=O)C(F)(F)F)NC1C[C@H]2CC[C@@H](C1)N2Cc1ccc(Cl)cc1. The second-order valence-corrected chi connectivity index (χ2v) is 9.67. The maximum absolute atomic E-state index is 12.6. The van der Waals surface area contributed by atoms with Crippen molar-refractivity contribution in [2.75, 3.05) is 11.9 Å². The zero-order valence-corrected chi connectivity index (χ0v) is 20.1. The molecule has 6 nitrogen and oxygen atoms in total. The van der Waals surface area contributed by atoms with Crippen molar-refractivity contribution >= 4 is 40.7 Å². The number of benzene rings is 2. The first kappa shape index (κ1) is 25.6. The lowest BCUT2D eigenvalue weighted by Gasteiger charge is -2.39. The van der Waals surface area contributed by atoms with Crippen LogP contribution in [0.1, 0.15) is 31.2 Å². The van der Waals surface area contributed by atoms with Crippen molar-refractivity contribution in [2.45, 2.75) is 56.5 Å². The number of carbonyl (C=O) groups is 2. The smallest absolute Gasteiger partial charge is 0.471 e. The molecule has 2 aromatic rings. The Morgan fingerprint density at radius 1 is 1.00 bits per heavy atom. The monoisotopic (exact) mass is 529 g/mol. The number of ether oxygens (including phenoxy) is 1. The summed E-state index contributed by atoms with van der Waals surface area (Å²) in [6.45, 7) is 0.427. The lowest BCUT2D eigenvalue weighted by Crippen LogP contribution is -2.50. The Bertz CT molecular complexity index is 1070. The molecule has 188 valence electrons. The molecule has 2 aliphatic heterocycles. The first-order valence-corrected chi connectivity index (χ1v) is 11.9. The topological polar surface area (TPSA) is 70.7 Å². The Hall–Kier alpha value is -2.49. The molecule has 2 bridgehead atoms. The molecule has 0 radical (unpaired) electrons. The summed E-state index contributed by atoms with van der Waals surface area (Å²) in [6.07, 6.45) is -1.33. The molecule has 2 aliphatic rings. The van der Waals surface area contributed by atoms with E-state index in [1.54, 1.807) is 5.32 Å². The molecule has 11 heteroatoms. The molecule has 2 aromatic carbocycles. The van der Waals surface area contributed by atoms with Gasteiger partial charge in [-0.3, -0.25) is 14.5 Å². The average molecular weight is 530 g/mol. The summed E-state index contributed by atoms with van der Waals surface area (Å²) in [5.41, 5.74) is 0.930. The average Bonchev–Trinajstić information content (AvgIpc) is 3.01.